The van der Waals surface area contributed by atoms with E-state index in [2.05, 4.69) is 25.2 Å². The average molecular weight is 358 g/mol. The predicted octanol–water partition coefficient (Wildman–Crippen LogP) is 3.83. The minimum atomic E-state index is 0.426. The number of nitrogens with zero attached hydrogens (tertiary/aromatic N) is 3. The summed E-state index contributed by atoms with van der Waals surface area (Å²) < 4.78 is 5.81. The molecule has 2 aromatic heterocycles. The van der Waals surface area contributed by atoms with Gasteiger partial charge in [-0.25, -0.2) is 4.98 Å². The topological polar surface area (TPSA) is 66.1 Å². The molecule has 1 aromatic carbocycles. The molecule has 0 atom stereocenters. The normalized spacial score (nSPS) is 14.9. The first-order valence-electron chi connectivity index (χ1n) is 8.51. The molecule has 6 nitrogen and oxygen atoms in total. The molecule has 0 spiro atoms. The van der Waals surface area contributed by atoms with E-state index in [0.29, 0.717) is 16.7 Å². The lowest BCUT2D eigenvalue weighted by Gasteiger charge is -2.15. The molecule has 0 aliphatic carbocycles. The fourth-order valence-corrected chi connectivity index (χ4v) is 3.25. The molecule has 2 N–H and O–H groups in total. The van der Waals surface area contributed by atoms with Crippen LogP contribution in [0.4, 0.5) is 11.6 Å². The highest BCUT2D eigenvalue weighted by atomic mass is 35.5. The van der Waals surface area contributed by atoms with Crippen molar-refractivity contribution in [3.63, 3.8) is 0 Å². The first-order chi connectivity index (χ1) is 12.3. The summed E-state index contributed by atoms with van der Waals surface area (Å²) in [5, 5.41) is 4.40. The predicted molar refractivity (Wildman–Crippen MR) is 99.8 cm³/mol. The van der Waals surface area contributed by atoms with Gasteiger partial charge in [-0.15, -0.1) is 0 Å². The van der Waals surface area contributed by atoms with Gasteiger partial charge in [-0.2, -0.15) is 4.98 Å². The number of aromatic nitrogens is 3. The quantitative estimate of drug-likeness (QED) is 0.656. The van der Waals surface area contributed by atoms with E-state index in [9.17, 15) is 0 Å². The lowest BCUT2D eigenvalue weighted by Crippen LogP contribution is -2.25. The first-order valence-corrected chi connectivity index (χ1v) is 8.88. The number of likely N-dealkylation sites (tertiary alicyclic amines) is 1. The van der Waals surface area contributed by atoms with Crippen LogP contribution in [0.25, 0.3) is 11.0 Å². The van der Waals surface area contributed by atoms with Gasteiger partial charge in [0.1, 0.15) is 23.2 Å². The van der Waals surface area contributed by atoms with Gasteiger partial charge < -0.3 is 15.0 Å². The Morgan fingerprint density at radius 3 is 2.72 bits per heavy atom. The third-order valence-electron chi connectivity index (χ3n) is 4.35. The highest BCUT2D eigenvalue weighted by Crippen LogP contribution is 2.23. The van der Waals surface area contributed by atoms with Crippen LogP contribution in [0.15, 0.2) is 36.5 Å². The number of aromatic amines is 1. The van der Waals surface area contributed by atoms with Crippen molar-refractivity contribution in [1.29, 1.82) is 0 Å². The summed E-state index contributed by atoms with van der Waals surface area (Å²) in [4.78, 5) is 14.2. The summed E-state index contributed by atoms with van der Waals surface area (Å²) in [6.07, 6.45) is 4.41. The van der Waals surface area contributed by atoms with E-state index in [1.165, 1.54) is 25.9 Å². The summed E-state index contributed by atoms with van der Waals surface area (Å²) in [6.45, 7) is 4.09. The van der Waals surface area contributed by atoms with Gasteiger partial charge in [0.2, 0.25) is 5.95 Å². The molecule has 1 fully saturated rings. The number of nitrogens with one attached hydrogen (secondary N) is 2. The third kappa shape index (κ3) is 3.86. The van der Waals surface area contributed by atoms with Crippen LogP contribution in [0.1, 0.15) is 12.8 Å². The minimum absolute atomic E-state index is 0.426. The molecule has 3 heterocycles. The van der Waals surface area contributed by atoms with Gasteiger partial charge in [0.15, 0.2) is 0 Å². The number of rotatable bonds is 6. The zero-order valence-corrected chi connectivity index (χ0v) is 14.6. The third-order valence-corrected chi connectivity index (χ3v) is 4.64. The Kier molecular flexibility index (Phi) is 4.72. The Morgan fingerprint density at radius 1 is 1.12 bits per heavy atom. The molecule has 1 aliphatic heterocycles. The summed E-state index contributed by atoms with van der Waals surface area (Å²) in [7, 11) is 0. The number of fused-ring (bicyclic) bond motifs is 1. The number of ether oxygens (including phenoxy) is 1. The molecule has 0 bridgehead atoms. The van der Waals surface area contributed by atoms with Crippen LogP contribution in [-0.2, 0) is 0 Å². The fourth-order valence-electron chi connectivity index (χ4n) is 3.02. The Morgan fingerprint density at radius 2 is 1.92 bits per heavy atom. The number of H-pyrrole nitrogens is 1. The minimum Gasteiger partial charge on any atom is -0.492 e. The van der Waals surface area contributed by atoms with Gasteiger partial charge in [-0.1, -0.05) is 11.6 Å². The smallest absolute Gasteiger partial charge is 0.230 e. The molecule has 3 aromatic rings. The molecule has 130 valence electrons. The lowest BCUT2D eigenvalue weighted by molar-refractivity contribution is 0.238. The average Bonchev–Trinajstić information content (AvgIpc) is 3.28. The van der Waals surface area contributed by atoms with E-state index in [0.717, 1.165) is 30.0 Å². The molecular weight excluding hydrogens is 338 g/mol. The van der Waals surface area contributed by atoms with Crippen molar-refractivity contribution in [3.8, 4) is 5.75 Å². The van der Waals surface area contributed by atoms with Crippen LogP contribution in [0.3, 0.4) is 0 Å². The van der Waals surface area contributed by atoms with Gasteiger partial charge in [0, 0.05) is 18.4 Å². The van der Waals surface area contributed by atoms with Gasteiger partial charge >= 0.3 is 0 Å². The van der Waals surface area contributed by atoms with Crippen LogP contribution >= 0.6 is 11.6 Å². The highest BCUT2D eigenvalue weighted by Gasteiger charge is 2.11. The van der Waals surface area contributed by atoms with E-state index >= 15 is 0 Å². The van der Waals surface area contributed by atoms with Crippen LogP contribution < -0.4 is 10.1 Å². The number of halogens is 1. The highest BCUT2D eigenvalue weighted by molar-refractivity contribution is 6.34. The van der Waals surface area contributed by atoms with Crippen molar-refractivity contribution in [2.75, 3.05) is 31.6 Å². The molecule has 25 heavy (non-hydrogen) atoms. The molecular formula is C18H20ClN5O. The van der Waals surface area contributed by atoms with Crippen LogP contribution in [0, 0.1) is 0 Å². The van der Waals surface area contributed by atoms with Crippen molar-refractivity contribution >= 4 is 34.3 Å². The molecule has 0 unspecified atom stereocenters. The summed E-state index contributed by atoms with van der Waals surface area (Å²) >= 11 is 6.17. The van der Waals surface area contributed by atoms with Crippen LogP contribution in [0.5, 0.6) is 5.75 Å². The second-order valence-corrected chi connectivity index (χ2v) is 6.48. The van der Waals surface area contributed by atoms with E-state index in [1.807, 2.05) is 30.3 Å². The lowest BCUT2D eigenvalue weighted by atomic mass is 10.3. The number of benzene rings is 1. The molecule has 0 saturated carbocycles. The van der Waals surface area contributed by atoms with Gasteiger partial charge in [0.05, 0.1) is 5.39 Å². The number of hydrogen-bond donors (Lipinski definition) is 2. The zero-order chi connectivity index (χ0) is 17.1. The number of hydrogen-bond acceptors (Lipinski definition) is 5. The molecule has 7 heteroatoms. The SMILES string of the molecule is Clc1nc(Nc2ccc(OCCN3CCCC3)cc2)nc2[nH]ccc12. The fraction of sp³-hybridized carbons (Fsp3) is 0.333. The van der Waals surface area contributed by atoms with E-state index in [-0.39, 0.29) is 0 Å². The van der Waals surface area contributed by atoms with Gasteiger partial charge in [0.25, 0.3) is 0 Å². The largest absolute Gasteiger partial charge is 0.492 e. The van der Waals surface area contributed by atoms with E-state index in [1.54, 1.807) is 6.20 Å². The zero-order valence-electron chi connectivity index (χ0n) is 13.8. The Bertz CT molecular complexity index is 842. The van der Waals surface area contributed by atoms with Crippen LogP contribution in [0.2, 0.25) is 5.15 Å². The maximum absolute atomic E-state index is 6.17. The maximum Gasteiger partial charge on any atom is 0.230 e. The monoisotopic (exact) mass is 357 g/mol. The van der Waals surface area contributed by atoms with Crippen molar-refractivity contribution in [1.82, 2.24) is 19.9 Å². The summed E-state index contributed by atoms with van der Waals surface area (Å²) in [5.41, 5.74) is 1.60. The maximum atomic E-state index is 6.17. The van der Waals surface area contributed by atoms with Crippen molar-refractivity contribution < 1.29 is 4.74 Å². The second kappa shape index (κ2) is 7.29. The Hall–Kier alpha value is -2.31. The molecule has 0 radical (unpaired) electrons. The molecule has 1 saturated heterocycles. The van der Waals surface area contributed by atoms with E-state index < -0.39 is 0 Å². The van der Waals surface area contributed by atoms with Crippen molar-refractivity contribution in [2.24, 2.45) is 0 Å². The van der Waals surface area contributed by atoms with E-state index in [4.69, 9.17) is 16.3 Å². The summed E-state index contributed by atoms with van der Waals surface area (Å²) in [5.74, 6) is 1.33. The molecule has 4 rings (SSSR count). The second-order valence-electron chi connectivity index (χ2n) is 6.12. The van der Waals surface area contributed by atoms with Crippen molar-refractivity contribution in [3.05, 3.63) is 41.7 Å². The van der Waals surface area contributed by atoms with Gasteiger partial charge in [-0.05, 0) is 56.3 Å². The number of anilines is 2. The Labute approximate surface area is 151 Å². The first kappa shape index (κ1) is 16.2. The molecule has 0 amide bonds. The Balaban J connectivity index is 1.36. The standard InChI is InChI=1S/C18H20ClN5O/c19-16-15-7-8-20-17(15)23-18(22-16)21-13-3-5-14(6-4-13)25-12-11-24-9-1-2-10-24/h3-8H,1-2,9-12H2,(H2,20,21,22,23). The van der Waals surface area contributed by atoms with Crippen LogP contribution in [-0.4, -0.2) is 46.1 Å². The molecule has 1 aliphatic rings. The van der Waals surface area contributed by atoms with Gasteiger partial charge in [-0.3, -0.25) is 4.90 Å². The summed E-state index contributed by atoms with van der Waals surface area (Å²) in [6, 6.07) is 9.64. The van der Waals surface area contributed by atoms with Crippen molar-refractivity contribution in [2.45, 2.75) is 12.8 Å².